The number of hydrogen-bond donors (Lipinski definition) is 2. The number of sulfonamides is 1. The molecule has 2 aromatic rings. The van der Waals surface area contributed by atoms with E-state index < -0.39 is 10.0 Å². The molecule has 112 valence electrons. The lowest BCUT2D eigenvalue weighted by Gasteiger charge is -2.15. The summed E-state index contributed by atoms with van der Waals surface area (Å²) >= 11 is 0. The molecule has 0 aliphatic heterocycles. The number of nitrogens with one attached hydrogen (secondary N) is 2. The molecule has 0 spiro atoms. The third-order valence-electron chi connectivity index (χ3n) is 2.90. The molecule has 1 aromatic heterocycles. The minimum atomic E-state index is -3.68. The van der Waals surface area contributed by atoms with Gasteiger partial charge in [0, 0.05) is 26.2 Å². The topological polar surface area (TPSA) is 95.2 Å². The van der Waals surface area contributed by atoms with Crippen LogP contribution in [-0.4, -0.2) is 36.5 Å². The van der Waals surface area contributed by atoms with E-state index in [0.29, 0.717) is 12.2 Å². The number of anilines is 1. The number of rotatable bonds is 5. The molecule has 0 radical (unpaired) electrons. The number of aromatic amines is 1. The van der Waals surface area contributed by atoms with E-state index in [1.54, 1.807) is 30.1 Å². The molecule has 1 amide bonds. The summed E-state index contributed by atoms with van der Waals surface area (Å²) < 4.78 is 26.6. The summed E-state index contributed by atoms with van der Waals surface area (Å²) in [6.07, 6.45) is 1.37. The Bertz CT molecular complexity index is 726. The van der Waals surface area contributed by atoms with E-state index in [0.717, 1.165) is 5.56 Å². The predicted molar refractivity (Wildman–Crippen MR) is 78.0 cm³/mol. The highest BCUT2D eigenvalue weighted by Gasteiger charge is 2.15. The monoisotopic (exact) mass is 308 g/mol. The van der Waals surface area contributed by atoms with Crippen LogP contribution in [0.5, 0.6) is 0 Å². The van der Waals surface area contributed by atoms with Crippen LogP contribution in [0.3, 0.4) is 0 Å². The van der Waals surface area contributed by atoms with Gasteiger partial charge in [0.2, 0.25) is 5.91 Å². The largest absolute Gasteiger partial charge is 0.342 e. The fraction of sp³-hybridized carbons (Fsp3) is 0.231. The Morgan fingerprint density at radius 3 is 2.76 bits per heavy atom. The van der Waals surface area contributed by atoms with E-state index in [1.807, 2.05) is 6.07 Å². The summed E-state index contributed by atoms with van der Waals surface area (Å²) in [6.45, 7) is 1.89. The SMILES string of the molecule is CC(=O)N(C)Cc1cccc(NS(=O)(=O)c2ccn[nH]2)c1. The van der Waals surface area contributed by atoms with Gasteiger partial charge < -0.3 is 4.90 Å². The quantitative estimate of drug-likeness (QED) is 0.867. The second kappa shape index (κ2) is 5.96. The number of carbonyl (C=O) groups excluding carboxylic acids is 1. The van der Waals surface area contributed by atoms with Gasteiger partial charge in [0.1, 0.15) is 0 Å². The first kappa shape index (κ1) is 15.0. The molecule has 0 aliphatic rings. The predicted octanol–water partition coefficient (Wildman–Crippen LogP) is 1.19. The van der Waals surface area contributed by atoms with Crippen molar-refractivity contribution in [3.8, 4) is 0 Å². The van der Waals surface area contributed by atoms with Gasteiger partial charge in [0.05, 0.1) is 6.20 Å². The second-order valence-corrected chi connectivity index (χ2v) is 6.25. The first-order chi connectivity index (χ1) is 9.88. The number of H-pyrrole nitrogens is 1. The Kier molecular flexibility index (Phi) is 4.27. The van der Waals surface area contributed by atoms with E-state index in [1.165, 1.54) is 19.2 Å². The fourth-order valence-electron chi connectivity index (χ4n) is 1.72. The molecule has 0 saturated carbocycles. The van der Waals surface area contributed by atoms with Crippen molar-refractivity contribution in [3.05, 3.63) is 42.1 Å². The van der Waals surface area contributed by atoms with Crippen molar-refractivity contribution in [2.24, 2.45) is 0 Å². The van der Waals surface area contributed by atoms with Gasteiger partial charge in [0.25, 0.3) is 10.0 Å². The molecule has 2 N–H and O–H groups in total. The van der Waals surface area contributed by atoms with E-state index in [4.69, 9.17) is 0 Å². The molecule has 0 saturated heterocycles. The molecule has 0 fully saturated rings. The van der Waals surface area contributed by atoms with Crippen LogP contribution >= 0.6 is 0 Å². The Balaban J connectivity index is 2.17. The van der Waals surface area contributed by atoms with Crippen molar-refractivity contribution < 1.29 is 13.2 Å². The van der Waals surface area contributed by atoms with Crippen molar-refractivity contribution in [2.75, 3.05) is 11.8 Å². The summed E-state index contributed by atoms with van der Waals surface area (Å²) in [5.74, 6) is -0.0570. The van der Waals surface area contributed by atoms with Crippen molar-refractivity contribution >= 4 is 21.6 Å². The van der Waals surface area contributed by atoms with Crippen LogP contribution in [0.25, 0.3) is 0 Å². The van der Waals surface area contributed by atoms with Crippen LogP contribution in [0.2, 0.25) is 0 Å². The molecule has 8 heteroatoms. The Morgan fingerprint density at radius 1 is 1.38 bits per heavy atom. The molecule has 0 unspecified atom stereocenters. The molecule has 21 heavy (non-hydrogen) atoms. The number of hydrogen-bond acceptors (Lipinski definition) is 4. The summed E-state index contributed by atoms with van der Waals surface area (Å²) in [4.78, 5) is 12.8. The van der Waals surface area contributed by atoms with Crippen molar-refractivity contribution in [1.29, 1.82) is 0 Å². The maximum absolute atomic E-state index is 12.1. The van der Waals surface area contributed by atoms with E-state index in [9.17, 15) is 13.2 Å². The van der Waals surface area contributed by atoms with Gasteiger partial charge in [-0.25, -0.2) is 0 Å². The van der Waals surface area contributed by atoms with E-state index in [-0.39, 0.29) is 10.9 Å². The number of benzene rings is 1. The van der Waals surface area contributed by atoms with Crippen LogP contribution in [0.15, 0.2) is 41.6 Å². The van der Waals surface area contributed by atoms with Crippen LogP contribution in [-0.2, 0) is 21.4 Å². The lowest BCUT2D eigenvalue weighted by Crippen LogP contribution is -2.23. The Morgan fingerprint density at radius 2 is 2.14 bits per heavy atom. The molecule has 0 bridgehead atoms. The minimum Gasteiger partial charge on any atom is -0.342 e. The third kappa shape index (κ3) is 3.82. The third-order valence-corrected chi connectivity index (χ3v) is 4.21. The summed E-state index contributed by atoms with van der Waals surface area (Å²) in [7, 11) is -2.00. The van der Waals surface area contributed by atoms with Crippen molar-refractivity contribution in [2.45, 2.75) is 18.5 Å². The lowest BCUT2D eigenvalue weighted by molar-refractivity contribution is -0.128. The number of carbonyl (C=O) groups is 1. The van der Waals surface area contributed by atoms with Gasteiger partial charge in [-0.15, -0.1) is 0 Å². The van der Waals surface area contributed by atoms with Crippen LogP contribution < -0.4 is 4.72 Å². The second-order valence-electron chi connectivity index (χ2n) is 4.60. The zero-order valence-corrected chi connectivity index (χ0v) is 12.5. The molecule has 1 aromatic carbocycles. The van der Waals surface area contributed by atoms with Gasteiger partial charge in [-0.2, -0.15) is 13.5 Å². The number of nitrogens with zero attached hydrogens (tertiary/aromatic N) is 2. The average Bonchev–Trinajstić information content (AvgIpc) is 2.93. The van der Waals surface area contributed by atoms with Crippen LogP contribution in [0, 0.1) is 0 Å². The van der Waals surface area contributed by atoms with Gasteiger partial charge in [-0.05, 0) is 23.8 Å². The summed E-state index contributed by atoms with van der Waals surface area (Å²) in [5.41, 5.74) is 1.26. The van der Waals surface area contributed by atoms with Crippen molar-refractivity contribution in [1.82, 2.24) is 15.1 Å². The van der Waals surface area contributed by atoms with Gasteiger partial charge in [0.15, 0.2) is 5.03 Å². The lowest BCUT2D eigenvalue weighted by atomic mass is 10.2. The normalized spacial score (nSPS) is 11.1. The Hall–Kier alpha value is -2.35. The van der Waals surface area contributed by atoms with Crippen LogP contribution in [0.1, 0.15) is 12.5 Å². The van der Waals surface area contributed by atoms with E-state index >= 15 is 0 Å². The van der Waals surface area contributed by atoms with E-state index in [2.05, 4.69) is 14.9 Å². The molecule has 0 aliphatic carbocycles. The number of aromatic nitrogens is 2. The molecular formula is C13H16N4O3S. The maximum Gasteiger partial charge on any atom is 0.278 e. The van der Waals surface area contributed by atoms with Gasteiger partial charge in [-0.1, -0.05) is 12.1 Å². The first-order valence-electron chi connectivity index (χ1n) is 6.21. The van der Waals surface area contributed by atoms with Gasteiger partial charge in [-0.3, -0.25) is 14.6 Å². The zero-order valence-electron chi connectivity index (χ0n) is 11.7. The number of amides is 1. The van der Waals surface area contributed by atoms with Gasteiger partial charge >= 0.3 is 0 Å². The fourth-order valence-corrected chi connectivity index (χ4v) is 2.68. The smallest absolute Gasteiger partial charge is 0.278 e. The standard InChI is InChI=1S/C13H16N4O3S/c1-10(18)17(2)9-11-4-3-5-12(8-11)16-21(19,20)13-6-7-14-15-13/h3-8,16H,9H2,1-2H3,(H,14,15). The maximum atomic E-state index is 12.1. The Labute approximate surface area is 123 Å². The van der Waals surface area contributed by atoms with Crippen LogP contribution in [0.4, 0.5) is 5.69 Å². The molecule has 0 atom stereocenters. The molecule has 1 heterocycles. The minimum absolute atomic E-state index is 0.00578. The van der Waals surface area contributed by atoms with Crippen molar-refractivity contribution in [3.63, 3.8) is 0 Å². The molecular weight excluding hydrogens is 292 g/mol. The molecule has 7 nitrogen and oxygen atoms in total. The molecule has 2 rings (SSSR count). The zero-order chi connectivity index (χ0) is 15.5. The highest BCUT2D eigenvalue weighted by Crippen LogP contribution is 2.16. The highest BCUT2D eigenvalue weighted by atomic mass is 32.2. The average molecular weight is 308 g/mol. The summed E-state index contributed by atoms with van der Waals surface area (Å²) in [6, 6.07) is 8.26. The highest BCUT2D eigenvalue weighted by molar-refractivity contribution is 7.92. The first-order valence-corrected chi connectivity index (χ1v) is 7.69. The summed E-state index contributed by atoms with van der Waals surface area (Å²) in [5, 5.41) is 6.02.